The van der Waals surface area contributed by atoms with Crippen LogP contribution in [0.4, 0.5) is 27.8 Å². The normalized spacial score (nSPS) is 12.9. The summed E-state index contributed by atoms with van der Waals surface area (Å²) >= 11 is 0.799. The third-order valence-electron chi connectivity index (χ3n) is 4.82. The van der Waals surface area contributed by atoms with Gasteiger partial charge in [0.05, 0.1) is 12.0 Å². The zero-order chi connectivity index (χ0) is 20.4. The fourth-order valence-electron chi connectivity index (χ4n) is 3.49. The molecule has 0 atom stereocenters. The maximum Gasteiger partial charge on any atom is 0.348 e. The summed E-state index contributed by atoms with van der Waals surface area (Å²) in [5.74, 6) is -0.591. The average molecular weight is 409 g/mol. The van der Waals surface area contributed by atoms with Gasteiger partial charge in [0.1, 0.15) is 10.6 Å². The van der Waals surface area contributed by atoms with Crippen LogP contribution in [0, 0.1) is 10.1 Å². The average Bonchev–Trinajstić information content (AvgIpc) is 3.17. The number of methoxy groups -OCH3 is 1. The molecule has 7 nitrogen and oxygen atoms in total. The molecule has 1 aliphatic rings. The van der Waals surface area contributed by atoms with E-state index in [4.69, 9.17) is 0 Å². The van der Waals surface area contributed by atoms with Gasteiger partial charge in [-0.05, 0) is 48.7 Å². The Morgan fingerprint density at radius 1 is 1.21 bits per heavy atom. The minimum Gasteiger partial charge on any atom is -0.465 e. The van der Waals surface area contributed by atoms with Gasteiger partial charge in [0.2, 0.25) is 0 Å². The fourth-order valence-corrected chi connectivity index (χ4v) is 4.34. The molecule has 1 aromatic heterocycles. The number of esters is 1. The first-order valence-corrected chi connectivity index (χ1v) is 9.97. The number of para-hydroxylation sites is 1. The number of fused-ring (bicyclic) bond motifs is 1. The van der Waals surface area contributed by atoms with Crippen LogP contribution in [0.15, 0.2) is 54.6 Å². The number of carbonyl (C=O) groups excluding carboxylic acids is 1. The standard InChI is InChI=1S/C21H19N3O4S/c1-28-21(25)19-13-17(20(29-19)24(26)27)22-15-10-9-14-6-5-11-23(18(14)12-15)16-7-3-2-4-8-16/h2-4,7-10,12-13,22H,5-6,11H2,1H3. The van der Waals surface area contributed by atoms with E-state index in [1.165, 1.54) is 18.7 Å². The van der Waals surface area contributed by atoms with Crippen molar-refractivity contribution >= 4 is 45.1 Å². The molecule has 0 bridgehead atoms. The predicted molar refractivity (Wildman–Crippen MR) is 114 cm³/mol. The number of thiophene rings is 1. The number of carbonyl (C=O) groups is 1. The van der Waals surface area contributed by atoms with E-state index >= 15 is 0 Å². The van der Waals surface area contributed by atoms with Gasteiger partial charge in [-0.25, -0.2) is 4.79 Å². The van der Waals surface area contributed by atoms with Crippen molar-refractivity contribution in [2.24, 2.45) is 0 Å². The molecule has 0 fully saturated rings. The molecule has 0 spiro atoms. The van der Waals surface area contributed by atoms with Crippen LogP contribution >= 0.6 is 11.3 Å². The van der Waals surface area contributed by atoms with Gasteiger partial charge in [-0.15, -0.1) is 0 Å². The monoisotopic (exact) mass is 409 g/mol. The molecule has 1 aliphatic heterocycles. The van der Waals surface area contributed by atoms with Crippen LogP contribution in [0.25, 0.3) is 0 Å². The lowest BCUT2D eigenvalue weighted by Gasteiger charge is -2.32. The lowest BCUT2D eigenvalue weighted by molar-refractivity contribution is -0.379. The number of hydrogen-bond donors (Lipinski definition) is 1. The molecule has 2 aromatic carbocycles. The number of nitrogens with zero attached hydrogens (tertiary/aromatic N) is 2. The van der Waals surface area contributed by atoms with E-state index in [2.05, 4.69) is 27.1 Å². The first-order valence-electron chi connectivity index (χ1n) is 9.16. The van der Waals surface area contributed by atoms with E-state index in [1.54, 1.807) is 0 Å². The van der Waals surface area contributed by atoms with Crippen LogP contribution in [0.3, 0.4) is 0 Å². The molecule has 29 heavy (non-hydrogen) atoms. The summed E-state index contributed by atoms with van der Waals surface area (Å²) in [5.41, 5.74) is 4.44. The summed E-state index contributed by atoms with van der Waals surface area (Å²) in [4.78, 5) is 25.1. The molecule has 148 valence electrons. The summed E-state index contributed by atoms with van der Waals surface area (Å²) in [7, 11) is 1.25. The zero-order valence-electron chi connectivity index (χ0n) is 15.8. The smallest absolute Gasteiger partial charge is 0.348 e. The second-order valence-corrected chi connectivity index (χ2v) is 7.67. The van der Waals surface area contributed by atoms with Gasteiger partial charge in [-0.2, -0.15) is 0 Å². The van der Waals surface area contributed by atoms with Crippen LogP contribution in [-0.2, 0) is 11.2 Å². The second kappa shape index (κ2) is 7.92. The van der Waals surface area contributed by atoms with Crippen molar-refractivity contribution in [3.8, 4) is 0 Å². The Balaban J connectivity index is 1.69. The summed E-state index contributed by atoms with van der Waals surface area (Å²) in [6.07, 6.45) is 2.05. The Morgan fingerprint density at radius 3 is 2.72 bits per heavy atom. The highest BCUT2D eigenvalue weighted by Crippen LogP contribution is 2.39. The van der Waals surface area contributed by atoms with Crippen molar-refractivity contribution < 1.29 is 14.5 Å². The SMILES string of the molecule is COC(=O)c1cc(Nc2ccc3c(c2)N(c2ccccc2)CCC3)c([N+](=O)[O-])s1. The molecule has 1 N–H and O–H groups in total. The van der Waals surface area contributed by atoms with Crippen LogP contribution in [0.1, 0.15) is 21.7 Å². The lowest BCUT2D eigenvalue weighted by Crippen LogP contribution is -2.24. The minimum absolute atomic E-state index is 0.122. The van der Waals surface area contributed by atoms with Crippen LogP contribution in [-0.4, -0.2) is 24.5 Å². The highest BCUT2D eigenvalue weighted by Gasteiger charge is 2.24. The Morgan fingerprint density at radius 2 is 2.00 bits per heavy atom. The summed E-state index contributed by atoms with van der Waals surface area (Å²) in [6, 6.07) is 17.6. The molecule has 0 aliphatic carbocycles. The molecule has 0 amide bonds. The van der Waals surface area contributed by atoms with Gasteiger partial charge in [-0.3, -0.25) is 10.1 Å². The number of nitro groups is 1. The zero-order valence-corrected chi connectivity index (χ0v) is 16.6. The molecule has 2 heterocycles. The van der Waals surface area contributed by atoms with Crippen molar-refractivity contribution in [1.29, 1.82) is 0 Å². The Labute approximate surface area is 171 Å². The van der Waals surface area contributed by atoms with Crippen molar-refractivity contribution in [2.75, 3.05) is 23.9 Å². The van der Waals surface area contributed by atoms with Gasteiger partial charge in [0, 0.05) is 23.6 Å². The van der Waals surface area contributed by atoms with Gasteiger partial charge in [0.15, 0.2) is 0 Å². The van der Waals surface area contributed by atoms with E-state index < -0.39 is 10.9 Å². The summed E-state index contributed by atoms with van der Waals surface area (Å²) < 4.78 is 4.69. The summed E-state index contributed by atoms with van der Waals surface area (Å²) in [5, 5.41) is 14.4. The molecule has 0 saturated heterocycles. The van der Waals surface area contributed by atoms with Gasteiger partial charge < -0.3 is 15.0 Å². The second-order valence-electron chi connectivity index (χ2n) is 6.64. The van der Waals surface area contributed by atoms with Gasteiger partial charge >= 0.3 is 11.0 Å². The van der Waals surface area contributed by atoms with Crippen LogP contribution in [0.5, 0.6) is 0 Å². The Kier molecular flexibility index (Phi) is 5.18. The van der Waals surface area contributed by atoms with Crippen LogP contribution < -0.4 is 10.2 Å². The molecule has 0 radical (unpaired) electrons. The van der Waals surface area contributed by atoms with Crippen molar-refractivity contribution in [3.05, 3.63) is 75.2 Å². The van der Waals surface area contributed by atoms with Crippen molar-refractivity contribution in [2.45, 2.75) is 12.8 Å². The van der Waals surface area contributed by atoms with E-state index in [0.717, 1.165) is 47.8 Å². The molecular formula is C21H19N3O4S. The molecule has 0 saturated carbocycles. The maximum atomic E-state index is 11.8. The first-order chi connectivity index (χ1) is 14.1. The molecule has 3 aromatic rings. The molecular weight excluding hydrogens is 390 g/mol. The predicted octanol–water partition coefficient (Wildman–Crippen LogP) is 5.27. The number of ether oxygens (including phenoxy) is 1. The molecule has 8 heteroatoms. The molecule has 4 rings (SSSR count). The van der Waals surface area contributed by atoms with Crippen molar-refractivity contribution in [1.82, 2.24) is 0 Å². The number of anilines is 4. The lowest BCUT2D eigenvalue weighted by atomic mass is 10.0. The van der Waals surface area contributed by atoms with Crippen molar-refractivity contribution in [3.63, 3.8) is 0 Å². The number of nitrogens with one attached hydrogen (secondary N) is 1. The van der Waals surface area contributed by atoms with E-state index in [9.17, 15) is 14.9 Å². The van der Waals surface area contributed by atoms with Crippen LogP contribution in [0.2, 0.25) is 0 Å². The number of rotatable bonds is 5. The Hall–Kier alpha value is -3.39. The fraction of sp³-hybridized carbons (Fsp3) is 0.190. The van der Waals surface area contributed by atoms with Gasteiger partial charge in [0.25, 0.3) is 0 Å². The number of aryl methyl sites for hydroxylation is 1. The quantitative estimate of drug-likeness (QED) is 0.351. The number of hydrogen-bond acceptors (Lipinski definition) is 7. The highest BCUT2D eigenvalue weighted by molar-refractivity contribution is 7.17. The largest absolute Gasteiger partial charge is 0.465 e. The first kappa shape index (κ1) is 18.9. The minimum atomic E-state index is -0.591. The number of benzene rings is 2. The third-order valence-corrected chi connectivity index (χ3v) is 5.88. The van der Waals surface area contributed by atoms with E-state index in [-0.39, 0.29) is 15.6 Å². The van der Waals surface area contributed by atoms with E-state index in [0.29, 0.717) is 0 Å². The Bertz CT molecular complexity index is 1070. The third kappa shape index (κ3) is 3.79. The highest BCUT2D eigenvalue weighted by atomic mass is 32.1. The maximum absolute atomic E-state index is 11.8. The van der Waals surface area contributed by atoms with Gasteiger partial charge in [-0.1, -0.05) is 35.6 Å². The van der Waals surface area contributed by atoms with E-state index in [1.807, 2.05) is 36.4 Å². The molecule has 0 unspecified atom stereocenters. The topological polar surface area (TPSA) is 84.7 Å². The summed E-state index contributed by atoms with van der Waals surface area (Å²) in [6.45, 7) is 0.908.